The third-order valence-corrected chi connectivity index (χ3v) is 1.87. The second-order valence-corrected chi connectivity index (χ2v) is 2.80. The zero-order valence-electron chi connectivity index (χ0n) is 6.87. The summed E-state index contributed by atoms with van der Waals surface area (Å²) in [6, 6.07) is 4.64. The van der Waals surface area contributed by atoms with Gasteiger partial charge in [-0.05, 0) is 6.07 Å². The first-order valence-electron chi connectivity index (χ1n) is 3.61. The molecule has 0 spiro atoms. The van der Waals surface area contributed by atoms with Crippen molar-refractivity contribution >= 4 is 17.7 Å². The molecule has 0 aliphatic heterocycles. The molecule has 0 saturated heterocycles. The van der Waals surface area contributed by atoms with Crippen molar-refractivity contribution in [2.24, 2.45) is 4.99 Å². The van der Waals surface area contributed by atoms with Crippen LogP contribution in [0.25, 0.3) is 0 Å². The molecule has 70 valence electrons. The van der Waals surface area contributed by atoms with Crippen molar-refractivity contribution in [3.8, 4) is 6.07 Å². The lowest BCUT2D eigenvalue weighted by Gasteiger charge is -2.04. The molecule has 0 saturated carbocycles. The minimum absolute atomic E-state index is 0.0247. The first-order chi connectivity index (χ1) is 6.70. The molecule has 1 aromatic carbocycles. The molecule has 5 heteroatoms. The zero-order chi connectivity index (χ0) is 10.6. The average molecular weight is 211 g/mol. The Balaban J connectivity index is 3.25. The van der Waals surface area contributed by atoms with E-state index in [1.165, 1.54) is 24.3 Å². The maximum absolute atomic E-state index is 13.3. The smallest absolute Gasteiger partial charge is 0.211 e. The van der Waals surface area contributed by atoms with Gasteiger partial charge in [0.1, 0.15) is 5.82 Å². The Labute approximate surface area is 84.4 Å². The van der Waals surface area contributed by atoms with Gasteiger partial charge in [0, 0.05) is 5.56 Å². The second-order valence-electron chi connectivity index (χ2n) is 2.40. The van der Waals surface area contributed by atoms with Gasteiger partial charge in [0.2, 0.25) is 6.08 Å². The third kappa shape index (κ3) is 1.97. The number of aliphatic imine (C=N–C) groups is 1. The van der Waals surface area contributed by atoms with Crippen molar-refractivity contribution in [3.05, 3.63) is 34.6 Å². The monoisotopic (exact) mass is 210 g/mol. The molecule has 1 atom stereocenters. The summed E-state index contributed by atoms with van der Waals surface area (Å²) in [5, 5.41) is 8.49. The third-order valence-electron chi connectivity index (χ3n) is 1.58. The Morgan fingerprint density at radius 3 is 2.86 bits per heavy atom. The number of nitrogens with zero attached hydrogens (tertiary/aromatic N) is 2. The highest BCUT2D eigenvalue weighted by Crippen LogP contribution is 2.24. The van der Waals surface area contributed by atoms with E-state index in [1.807, 2.05) is 0 Å². The lowest BCUT2D eigenvalue weighted by Crippen LogP contribution is -1.96. The number of benzene rings is 1. The summed E-state index contributed by atoms with van der Waals surface area (Å²) in [6.07, 6.45) is 1.21. The molecule has 0 aromatic heterocycles. The van der Waals surface area contributed by atoms with Crippen LogP contribution in [0.5, 0.6) is 0 Å². The molecule has 0 heterocycles. The Kier molecular flexibility index (Phi) is 3.35. The molecule has 1 aromatic rings. The van der Waals surface area contributed by atoms with Crippen LogP contribution >= 0.6 is 11.6 Å². The summed E-state index contributed by atoms with van der Waals surface area (Å²) in [4.78, 5) is 13.1. The van der Waals surface area contributed by atoms with Crippen LogP contribution < -0.4 is 0 Å². The Hall–Kier alpha value is -1.69. The molecule has 0 aliphatic carbocycles. The van der Waals surface area contributed by atoms with Crippen molar-refractivity contribution in [1.29, 1.82) is 5.26 Å². The van der Waals surface area contributed by atoms with Crippen molar-refractivity contribution in [2.75, 3.05) is 0 Å². The van der Waals surface area contributed by atoms with E-state index in [0.29, 0.717) is 0 Å². The molecule has 0 radical (unpaired) electrons. The van der Waals surface area contributed by atoms with E-state index < -0.39 is 11.9 Å². The van der Waals surface area contributed by atoms with Crippen LogP contribution in [-0.2, 0) is 4.79 Å². The number of isocyanates is 1. The summed E-state index contributed by atoms with van der Waals surface area (Å²) in [7, 11) is 0. The number of hydrogen-bond acceptors (Lipinski definition) is 3. The van der Waals surface area contributed by atoms with Gasteiger partial charge in [0.15, 0.2) is 6.04 Å². The van der Waals surface area contributed by atoms with Crippen molar-refractivity contribution in [3.63, 3.8) is 0 Å². The molecule has 14 heavy (non-hydrogen) atoms. The molecule has 1 unspecified atom stereocenters. The summed E-state index contributed by atoms with van der Waals surface area (Å²) in [6.45, 7) is 0. The largest absolute Gasteiger partial charge is 0.236 e. The number of carbonyl (C=O) groups excluding carboxylic acids is 1. The van der Waals surface area contributed by atoms with E-state index in [1.54, 1.807) is 6.07 Å². The molecule has 3 nitrogen and oxygen atoms in total. The van der Waals surface area contributed by atoms with Gasteiger partial charge in [-0.15, -0.1) is 0 Å². The van der Waals surface area contributed by atoms with Crippen LogP contribution in [0.15, 0.2) is 23.2 Å². The zero-order valence-corrected chi connectivity index (χ0v) is 7.62. The molecule has 0 fully saturated rings. The molecular weight excluding hydrogens is 207 g/mol. The highest BCUT2D eigenvalue weighted by Gasteiger charge is 2.15. The van der Waals surface area contributed by atoms with E-state index in [0.717, 1.165) is 0 Å². The van der Waals surface area contributed by atoms with Gasteiger partial charge in [-0.1, -0.05) is 23.7 Å². The van der Waals surface area contributed by atoms with Crippen LogP contribution in [0, 0.1) is 17.1 Å². The van der Waals surface area contributed by atoms with Crippen LogP contribution in [-0.4, -0.2) is 6.08 Å². The lowest BCUT2D eigenvalue weighted by atomic mass is 10.1. The molecule has 1 rings (SSSR count). The van der Waals surface area contributed by atoms with Gasteiger partial charge in [-0.25, -0.2) is 9.18 Å². The number of nitriles is 1. The molecule has 0 aliphatic rings. The minimum atomic E-state index is -1.19. The van der Waals surface area contributed by atoms with E-state index in [-0.39, 0.29) is 10.6 Å². The molecule has 0 amide bonds. The van der Waals surface area contributed by atoms with E-state index in [2.05, 4.69) is 4.99 Å². The van der Waals surface area contributed by atoms with Gasteiger partial charge in [0.25, 0.3) is 0 Å². The van der Waals surface area contributed by atoms with Gasteiger partial charge in [-0.2, -0.15) is 10.3 Å². The first kappa shape index (κ1) is 10.4. The maximum Gasteiger partial charge on any atom is 0.236 e. The number of halogens is 2. The standard InChI is InChI=1S/C9H4ClFN2O/c10-7-3-1-2-6(9(7)11)8(4-12)13-5-14/h1-3,8H. The first-order valence-corrected chi connectivity index (χ1v) is 3.99. The van der Waals surface area contributed by atoms with Gasteiger partial charge in [-0.3, -0.25) is 0 Å². The van der Waals surface area contributed by atoms with Crippen LogP contribution in [0.4, 0.5) is 4.39 Å². The Morgan fingerprint density at radius 2 is 2.29 bits per heavy atom. The predicted octanol–water partition coefficient (Wildman–Crippen LogP) is 2.38. The quantitative estimate of drug-likeness (QED) is 0.556. The van der Waals surface area contributed by atoms with Gasteiger partial charge < -0.3 is 0 Å². The van der Waals surface area contributed by atoms with E-state index in [4.69, 9.17) is 16.9 Å². The number of rotatable bonds is 2. The second kappa shape index (κ2) is 4.52. The molecular formula is C9H4ClFN2O. The fourth-order valence-electron chi connectivity index (χ4n) is 0.952. The maximum atomic E-state index is 13.3. The van der Waals surface area contributed by atoms with E-state index >= 15 is 0 Å². The van der Waals surface area contributed by atoms with E-state index in [9.17, 15) is 9.18 Å². The average Bonchev–Trinajstić information content (AvgIpc) is 2.19. The topological polar surface area (TPSA) is 53.2 Å². The van der Waals surface area contributed by atoms with Crippen LogP contribution in [0.2, 0.25) is 5.02 Å². The summed E-state index contributed by atoms with van der Waals surface area (Å²) >= 11 is 5.49. The number of hydrogen-bond donors (Lipinski definition) is 0. The summed E-state index contributed by atoms with van der Waals surface area (Å²) < 4.78 is 13.3. The van der Waals surface area contributed by atoms with Crippen molar-refractivity contribution in [1.82, 2.24) is 0 Å². The minimum Gasteiger partial charge on any atom is -0.211 e. The predicted molar refractivity (Wildman–Crippen MR) is 47.9 cm³/mol. The molecule has 0 N–H and O–H groups in total. The fourth-order valence-corrected chi connectivity index (χ4v) is 1.13. The van der Waals surface area contributed by atoms with Crippen LogP contribution in [0.3, 0.4) is 0 Å². The highest BCUT2D eigenvalue weighted by atomic mass is 35.5. The Bertz CT molecular complexity index is 435. The lowest BCUT2D eigenvalue weighted by molar-refractivity contribution is 0.559. The van der Waals surface area contributed by atoms with Gasteiger partial charge in [0.05, 0.1) is 11.1 Å². The normalized spacial score (nSPS) is 11.2. The fraction of sp³-hybridized carbons (Fsp3) is 0.111. The van der Waals surface area contributed by atoms with Gasteiger partial charge >= 0.3 is 0 Å². The van der Waals surface area contributed by atoms with Crippen LogP contribution in [0.1, 0.15) is 11.6 Å². The van der Waals surface area contributed by atoms with Crippen molar-refractivity contribution < 1.29 is 9.18 Å². The molecule has 0 bridgehead atoms. The summed E-state index contributed by atoms with van der Waals surface area (Å²) in [5.41, 5.74) is -0.0247. The Morgan fingerprint density at radius 1 is 1.57 bits per heavy atom. The SMILES string of the molecule is N#CC(N=C=O)c1cccc(Cl)c1F. The highest BCUT2D eigenvalue weighted by molar-refractivity contribution is 6.30. The summed E-state index contributed by atoms with van der Waals surface area (Å²) in [5.74, 6) is -0.736. The van der Waals surface area contributed by atoms with Crippen molar-refractivity contribution in [2.45, 2.75) is 6.04 Å².